The van der Waals surface area contributed by atoms with Crippen LogP contribution in [0, 0.1) is 0 Å². The number of nitrogens with zero attached hydrogens (tertiary/aromatic N) is 2. The van der Waals surface area contributed by atoms with Gasteiger partial charge in [-0.1, -0.05) is 0 Å². The number of pyridine rings is 1. The van der Waals surface area contributed by atoms with Crippen molar-refractivity contribution in [2.45, 2.75) is 18.6 Å². The van der Waals surface area contributed by atoms with Crippen LogP contribution in [-0.4, -0.2) is 60.7 Å². The van der Waals surface area contributed by atoms with Crippen LogP contribution in [0.15, 0.2) is 41.4 Å². The van der Waals surface area contributed by atoms with Crippen molar-refractivity contribution in [1.29, 1.82) is 0 Å². The lowest BCUT2D eigenvalue weighted by Gasteiger charge is -2.23. The maximum Gasteiger partial charge on any atom is 0.255 e. The summed E-state index contributed by atoms with van der Waals surface area (Å²) in [5, 5.41) is 6.45. The van der Waals surface area contributed by atoms with Gasteiger partial charge in [-0.3, -0.25) is 14.6 Å². The lowest BCUT2D eigenvalue weighted by atomic mass is 10.1. The molecule has 0 aliphatic carbocycles. The van der Waals surface area contributed by atoms with Crippen molar-refractivity contribution >= 4 is 23.2 Å². The second-order valence-corrected chi connectivity index (χ2v) is 6.71. The largest absolute Gasteiger partial charge is 0.487 e. The number of carbonyl (C=O) groups excluding carboxylic acids is 2. The molecule has 0 unspecified atom stereocenters. The average molecular weight is 375 g/mol. The molecule has 3 heterocycles. The number of hydrogen-bond acceptors (Lipinski definition) is 6. The first-order valence-corrected chi connectivity index (χ1v) is 9.30. The van der Waals surface area contributed by atoms with Crippen LogP contribution in [0.3, 0.4) is 0 Å². The Morgan fingerprint density at radius 1 is 1.42 bits per heavy atom. The molecule has 8 heteroatoms. The van der Waals surface area contributed by atoms with Gasteiger partial charge in [0.1, 0.15) is 17.9 Å². The van der Waals surface area contributed by atoms with E-state index in [0.29, 0.717) is 37.4 Å². The fourth-order valence-corrected chi connectivity index (χ4v) is 3.54. The quantitative estimate of drug-likeness (QED) is 0.743. The van der Waals surface area contributed by atoms with Crippen LogP contribution in [0.1, 0.15) is 16.8 Å². The molecule has 0 bridgehead atoms. The van der Waals surface area contributed by atoms with E-state index in [-0.39, 0.29) is 17.9 Å². The van der Waals surface area contributed by atoms with Crippen molar-refractivity contribution < 1.29 is 19.1 Å². The Hall–Kier alpha value is -2.45. The molecule has 1 aliphatic rings. The maximum atomic E-state index is 12.8. The first-order valence-electron chi connectivity index (χ1n) is 8.35. The van der Waals surface area contributed by atoms with Gasteiger partial charge in [0, 0.05) is 31.7 Å². The molecule has 0 saturated carbocycles. The zero-order valence-corrected chi connectivity index (χ0v) is 15.3. The van der Waals surface area contributed by atoms with Crippen molar-refractivity contribution in [3.05, 3.63) is 46.9 Å². The number of ether oxygens (including phenoxy) is 2. The molecular formula is C18H21N3O4S. The van der Waals surface area contributed by atoms with Gasteiger partial charge >= 0.3 is 0 Å². The summed E-state index contributed by atoms with van der Waals surface area (Å²) in [6.45, 7) is 1.18. The van der Waals surface area contributed by atoms with Crippen molar-refractivity contribution in [2.24, 2.45) is 0 Å². The highest BCUT2D eigenvalue weighted by Gasteiger charge is 2.41. The Morgan fingerprint density at radius 2 is 2.31 bits per heavy atom. The fraction of sp³-hybridized carbons (Fsp3) is 0.389. The Kier molecular flexibility index (Phi) is 6.19. The molecule has 26 heavy (non-hydrogen) atoms. The van der Waals surface area contributed by atoms with Crippen molar-refractivity contribution in [2.75, 3.05) is 26.8 Å². The molecule has 2 atom stereocenters. The lowest BCUT2D eigenvalue weighted by Crippen LogP contribution is -2.46. The first-order chi connectivity index (χ1) is 12.7. The smallest absolute Gasteiger partial charge is 0.255 e. The molecular weight excluding hydrogens is 354 g/mol. The first kappa shape index (κ1) is 18.3. The molecule has 1 fully saturated rings. The normalized spacial score (nSPS) is 19.3. The van der Waals surface area contributed by atoms with Gasteiger partial charge in [-0.15, -0.1) is 0 Å². The highest BCUT2D eigenvalue weighted by molar-refractivity contribution is 7.08. The summed E-state index contributed by atoms with van der Waals surface area (Å²) in [5.41, 5.74) is 0.590. The molecule has 3 rings (SSSR count). The zero-order chi connectivity index (χ0) is 18.4. The molecule has 1 aliphatic heterocycles. The summed E-state index contributed by atoms with van der Waals surface area (Å²) in [7, 11) is 1.58. The Balaban J connectivity index is 1.72. The Bertz CT molecular complexity index is 723. The Morgan fingerprint density at radius 3 is 3.00 bits per heavy atom. The van der Waals surface area contributed by atoms with Crippen LogP contribution < -0.4 is 10.1 Å². The molecule has 1 saturated heterocycles. The number of rotatable bonds is 7. The summed E-state index contributed by atoms with van der Waals surface area (Å²) in [4.78, 5) is 31.0. The molecule has 0 aromatic carbocycles. The predicted molar refractivity (Wildman–Crippen MR) is 97.3 cm³/mol. The highest BCUT2D eigenvalue weighted by atomic mass is 32.1. The third-order valence-corrected chi connectivity index (χ3v) is 4.82. The van der Waals surface area contributed by atoms with E-state index in [0.717, 1.165) is 0 Å². The number of hydrogen-bond donors (Lipinski definition) is 1. The van der Waals surface area contributed by atoms with E-state index in [1.54, 1.807) is 41.9 Å². The molecule has 1 N–H and O–H groups in total. The van der Waals surface area contributed by atoms with Crippen LogP contribution in [0.25, 0.3) is 0 Å². The van der Waals surface area contributed by atoms with Gasteiger partial charge in [0.25, 0.3) is 5.91 Å². The van der Waals surface area contributed by atoms with Crippen LogP contribution in [0.2, 0.25) is 0 Å². The van der Waals surface area contributed by atoms with E-state index in [9.17, 15) is 9.59 Å². The number of amides is 2. The second kappa shape index (κ2) is 8.77. The number of methoxy groups -OCH3 is 1. The van der Waals surface area contributed by atoms with Crippen LogP contribution in [-0.2, 0) is 9.53 Å². The van der Waals surface area contributed by atoms with Gasteiger partial charge in [0.05, 0.1) is 24.9 Å². The van der Waals surface area contributed by atoms with Gasteiger partial charge in [-0.05, 0) is 23.6 Å². The summed E-state index contributed by atoms with van der Waals surface area (Å²) in [6.07, 6.45) is 3.46. The van der Waals surface area contributed by atoms with Crippen LogP contribution >= 0.6 is 11.3 Å². The molecule has 0 spiro atoms. The summed E-state index contributed by atoms with van der Waals surface area (Å²) in [6, 6.07) is 4.79. The minimum absolute atomic E-state index is 0.157. The molecule has 2 aromatic rings. The van der Waals surface area contributed by atoms with E-state index >= 15 is 0 Å². The van der Waals surface area contributed by atoms with Crippen molar-refractivity contribution in [3.63, 3.8) is 0 Å². The number of aromatic nitrogens is 1. The monoisotopic (exact) mass is 375 g/mol. The van der Waals surface area contributed by atoms with E-state index in [2.05, 4.69) is 10.3 Å². The van der Waals surface area contributed by atoms with Gasteiger partial charge < -0.3 is 19.7 Å². The van der Waals surface area contributed by atoms with E-state index in [4.69, 9.17) is 9.47 Å². The summed E-state index contributed by atoms with van der Waals surface area (Å²) >= 11 is 1.45. The van der Waals surface area contributed by atoms with Crippen molar-refractivity contribution in [3.8, 4) is 5.75 Å². The summed E-state index contributed by atoms with van der Waals surface area (Å²) < 4.78 is 10.9. The van der Waals surface area contributed by atoms with Gasteiger partial charge in [-0.25, -0.2) is 0 Å². The van der Waals surface area contributed by atoms with Gasteiger partial charge in [0.15, 0.2) is 0 Å². The molecule has 138 valence electrons. The third kappa shape index (κ3) is 4.39. The topological polar surface area (TPSA) is 80.8 Å². The number of thiophene rings is 1. The zero-order valence-electron chi connectivity index (χ0n) is 14.5. The lowest BCUT2D eigenvalue weighted by molar-refractivity contribution is -0.125. The van der Waals surface area contributed by atoms with Crippen LogP contribution in [0.5, 0.6) is 5.75 Å². The fourth-order valence-electron chi connectivity index (χ4n) is 2.91. The molecule has 2 aromatic heterocycles. The van der Waals surface area contributed by atoms with Crippen molar-refractivity contribution in [1.82, 2.24) is 15.2 Å². The standard InChI is InChI=1S/C18H21N3O4S/c1-24-7-6-20-17(22)16-9-15(25-14-3-2-5-19-10-14)11-21(16)18(23)13-4-8-26-12-13/h2-5,8,10,12,15-16H,6-7,9,11H2,1H3,(H,20,22)/t15-,16-/m0/s1. The number of nitrogens with one attached hydrogen (secondary N) is 1. The minimum Gasteiger partial charge on any atom is -0.487 e. The molecule has 0 radical (unpaired) electrons. The predicted octanol–water partition coefficient (Wildman–Crippen LogP) is 1.57. The molecule has 7 nitrogen and oxygen atoms in total. The number of carbonyl (C=O) groups is 2. The number of likely N-dealkylation sites (tertiary alicyclic amines) is 1. The van der Waals surface area contributed by atoms with Gasteiger partial charge in [0.2, 0.25) is 5.91 Å². The van der Waals surface area contributed by atoms with Crippen LogP contribution in [0.4, 0.5) is 0 Å². The van der Waals surface area contributed by atoms with E-state index in [1.165, 1.54) is 11.3 Å². The maximum absolute atomic E-state index is 12.8. The third-order valence-electron chi connectivity index (χ3n) is 4.14. The average Bonchev–Trinajstić information content (AvgIpc) is 3.32. The van der Waals surface area contributed by atoms with E-state index < -0.39 is 6.04 Å². The highest BCUT2D eigenvalue weighted by Crippen LogP contribution is 2.25. The summed E-state index contributed by atoms with van der Waals surface area (Å²) in [5.74, 6) is 0.277. The second-order valence-electron chi connectivity index (χ2n) is 5.93. The molecule has 2 amide bonds. The minimum atomic E-state index is -0.569. The SMILES string of the molecule is COCCNC(=O)[C@@H]1C[C@H](Oc2cccnc2)CN1C(=O)c1ccsc1. The van der Waals surface area contributed by atoms with Gasteiger partial charge in [-0.2, -0.15) is 11.3 Å². The van der Waals surface area contributed by atoms with E-state index in [1.807, 2.05) is 11.4 Å². The Labute approximate surface area is 155 Å².